The van der Waals surface area contributed by atoms with Crippen LogP contribution in [0.4, 0.5) is 0 Å². The first kappa shape index (κ1) is 18.3. The summed E-state index contributed by atoms with van der Waals surface area (Å²) >= 11 is 1.47. The van der Waals surface area contributed by atoms with E-state index in [1.54, 1.807) is 5.38 Å². The zero-order chi connectivity index (χ0) is 14.2. The number of hydrogen-bond donors (Lipinski definition) is 2. The molecule has 0 bridgehead atoms. The number of ether oxygens (including phenoxy) is 2. The fourth-order valence-corrected chi connectivity index (χ4v) is 2.71. The lowest BCUT2D eigenvalue weighted by molar-refractivity contribution is 0.0415. The second-order valence-corrected chi connectivity index (χ2v) is 5.57. The van der Waals surface area contributed by atoms with Gasteiger partial charge in [-0.05, 0) is 19.4 Å². The maximum Gasteiger partial charge on any atom is 0.270 e. The van der Waals surface area contributed by atoms with Crippen LogP contribution in [0.5, 0.6) is 0 Å². The summed E-state index contributed by atoms with van der Waals surface area (Å²) in [6.07, 6.45) is 2.70. The van der Waals surface area contributed by atoms with Gasteiger partial charge < -0.3 is 20.5 Å². The normalized spacial score (nSPS) is 17.5. The number of amides is 1. The molecule has 2 heterocycles. The molecule has 8 heteroatoms. The second kappa shape index (κ2) is 10.1. The molecule has 120 valence electrons. The summed E-state index contributed by atoms with van der Waals surface area (Å²) in [5.74, 6) is -0.131. The number of nitrogens with two attached hydrogens (primary N) is 1. The smallest absolute Gasteiger partial charge is 0.270 e. The fourth-order valence-electron chi connectivity index (χ4n) is 1.91. The van der Waals surface area contributed by atoms with Crippen LogP contribution in [-0.2, 0) is 15.9 Å². The van der Waals surface area contributed by atoms with Gasteiger partial charge in [0.05, 0.1) is 17.7 Å². The van der Waals surface area contributed by atoms with Gasteiger partial charge in [0.15, 0.2) is 0 Å². The molecule has 2 rings (SSSR count). The van der Waals surface area contributed by atoms with E-state index in [0.717, 1.165) is 30.9 Å². The topological polar surface area (TPSA) is 86.5 Å². The lowest BCUT2D eigenvalue weighted by Crippen LogP contribution is -2.26. The first-order valence-electron chi connectivity index (χ1n) is 6.91. The highest BCUT2D eigenvalue weighted by atomic mass is 35.5. The summed E-state index contributed by atoms with van der Waals surface area (Å²) in [7, 11) is 0. The van der Waals surface area contributed by atoms with Gasteiger partial charge in [0, 0.05) is 31.6 Å². The predicted molar refractivity (Wildman–Crippen MR) is 84.2 cm³/mol. The Kier molecular flexibility index (Phi) is 8.79. The van der Waals surface area contributed by atoms with Gasteiger partial charge in [-0.25, -0.2) is 4.98 Å². The molecule has 0 aliphatic carbocycles. The highest BCUT2D eigenvalue weighted by Crippen LogP contribution is 2.10. The van der Waals surface area contributed by atoms with Crippen LogP contribution in [0.3, 0.4) is 0 Å². The van der Waals surface area contributed by atoms with E-state index in [4.69, 9.17) is 15.2 Å². The van der Waals surface area contributed by atoms with Crippen LogP contribution < -0.4 is 11.1 Å². The van der Waals surface area contributed by atoms with Crippen molar-refractivity contribution in [2.24, 2.45) is 5.73 Å². The second-order valence-electron chi connectivity index (χ2n) is 4.63. The number of hydrogen-bond acceptors (Lipinski definition) is 6. The Morgan fingerprint density at radius 2 is 2.48 bits per heavy atom. The summed E-state index contributed by atoms with van der Waals surface area (Å²) < 4.78 is 10.8. The Labute approximate surface area is 134 Å². The van der Waals surface area contributed by atoms with Crippen LogP contribution in [0.15, 0.2) is 5.38 Å². The van der Waals surface area contributed by atoms with Crippen LogP contribution in [0.25, 0.3) is 0 Å². The zero-order valence-corrected chi connectivity index (χ0v) is 13.5. The Bertz CT molecular complexity index is 425. The molecular formula is C13H22ClN3O3S. The number of rotatable bonds is 8. The molecular weight excluding hydrogens is 314 g/mol. The van der Waals surface area contributed by atoms with Crippen molar-refractivity contribution in [3.8, 4) is 0 Å². The van der Waals surface area contributed by atoms with E-state index in [9.17, 15) is 4.79 Å². The Balaban J connectivity index is 0.00000220. The molecule has 1 aliphatic rings. The number of nitrogens with one attached hydrogen (secondary N) is 1. The standard InChI is InChI=1S/C13H21N3O3S.ClH/c14-4-2-12-16-11(9-20-12)13(17)15-5-1-6-19-10-3-7-18-8-10;/h9-10H,1-8,14H2,(H,15,17);1H. The van der Waals surface area contributed by atoms with Gasteiger partial charge in [-0.3, -0.25) is 4.79 Å². The summed E-state index contributed by atoms with van der Waals surface area (Å²) in [4.78, 5) is 16.1. The zero-order valence-electron chi connectivity index (χ0n) is 11.9. The summed E-state index contributed by atoms with van der Waals surface area (Å²) in [6, 6.07) is 0. The van der Waals surface area contributed by atoms with Gasteiger partial charge >= 0.3 is 0 Å². The number of halogens is 1. The van der Waals surface area contributed by atoms with Crippen LogP contribution >= 0.6 is 23.7 Å². The molecule has 0 saturated carbocycles. The molecule has 1 aliphatic heterocycles. The Hall–Kier alpha value is -0.730. The molecule has 1 unspecified atom stereocenters. The third-order valence-corrected chi connectivity index (χ3v) is 3.90. The highest BCUT2D eigenvalue weighted by Gasteiger charge is 2.15. The van der Waals surface area contributed by atoms with Gasteiger partial charge in [-0.15, -0.1) is 23.7 Å². The third-order valence-electron chi connectivity index (χ3n) is 2.99. The van der Waals surface area contributed by atoms with E-state index < -0.39 is 0 Å². The first-order chi connectivity index (χ1) is 9.79. The predicted octanol–water partition coefficient (Wildman–Crippen LogP) is 0.991. The minimum absolute atomic E-state index is 0. The van der Waals surface area contributed by atoms with E-state index in [-0.39, 0.29) is 24.4 Å². The lowest BCUT2D eigenvalue weighted by atomic mass is 10.3. The summed E-state index contributed by atoms with van der Waals surface area (Å²) in [5, 5.41) is 5.52. The maximum atomic E-state index is 11.8. The van der Waals surface area contributed by atoms with E-state index in [1.165, 1.54) is 11.3 Å². The van der Waals surface area contributed by atoms with Crippen molar-refractivity contribution in [3.05, 3.63) is 16.1 Å². The van der Waals surface area contributed by atoms with Crippen LogP contribution in [0.2, 0.25) is 0 Å². The van der Waals surface area contributed by atoms with Crippen LogP contribution in [0, 0.1) is 0 Å². The van der Waals surface area contributed by atoms with Gasteiger partial charge in [-0.2, -0.15) is 0 Å². The molecule has 1 fully saturated rings. The molecule has 1 atom stereocenters. The van der Waals surface area contributed by atoms with E-state index in [1.807, 2.05) is 0 Å². The SMILES string of the molecule is Cl.NCCc1nc(C(=O)NCCCOC2CCOC2)cs1. The molecule has 1 saturated heterocycles. The molecule has 1 aromatic heterocycles. The summed E-state index contributed by atoms with van der Waals surface area (Å²) in [6.45, 7) is 3.27. The highest BCUT2D eigenvalue weighted by molar-refractivity contribution is 7.09. The molecule has 1 aromatic rings. The van der Waals surface area contributed by atoms with E-state index in [0.29, 0.717) is 32.0 Å². The molecule has 3 N–H and O–H groups in total. The first-order valence-corrected chi connectivity index (χ1v) is 7.79. The third kappa shape index (κ3) is 6.27. The summed E-state index contributed by atoms with van der Waals surface area (Å²) in [5.41, 5.74) is 5.93. The largest absolute Gasteiger partial charge is 0.379 e. The molecule has 6 nitrogen and oxygen atoms in total. The van der Waals surface area contributed by atoms with E-state index in [2.05, 4.69) is 10.3 Å². The molecule has 0 radical (unpaired) electrons. The van der Waals surface area contributed by atoms with Crippen molar-refractivity contribution in [2.75, 3.05) is 32.9 Å². The average molecular weight is 336 g/mol. The number of carbonyl (C=O) groups is 1. The van der Waals surface area contributed by atoms with Crippen molar-refractivity contribution in [2.45, 2.75) is 25.4 Å². The minimum atomic E-state index is -0.131. The Morgan fingerprint density at radius 3 is 3.19 bits per heavy atom. The van der Waals surface area contributed by atoms with Gasteiger partial charge in [0.2, 0.25) is 0 Å². The maximum absolute atomic E-state index is 11.8. The van der Waals surface area contributed by atoms with Gasteiger partial charge in [-0.1, -0.05) is 0 Å². The van der Waals surface area contributed by atoms with Crippen molar-refractivity contribution in [3.63, 3.8) is 0 Å². The van der Waals surface area contributed by atoms with E-state index >= 15 is 0 Å². The average Bonchev–Trinajstić information content (AvgIpc) is 3.10. The van der Waals surface area contributed by atoms with Crippen LogP contribution in [-0.4, -0.2) is 49.9 Å². The van der Waals surface area contributed by atoms with Crippen molar-refractivity contribution < 1.29 is 14.3 Å². The molecule has 0 aromatic carbocycles. The number of aromatic nitrogens is 1. The quantitative estimate of drug-likeness (QED) is 0.692. The van der Waals surface area contributed by atoms with Gasteiger partial charge in [0.25, 0.3) is 5.91 Å². The lowest BCUT2D eigenvalue weighted by Gasteiger charge is -2.09. The minimum Gasteiger partial charge on any atom is -0.379 e. The monoisotopic (exact) mass is 335 g/mol. The van der Waals surface area contributed by atoms with Gasteiger partial charge in [0.1, 0.15) is 5.69 Å². The number of nitrogens with zero attached hydrogens (tertiary/aromatic N) is 1. The molecule has 0 spiro atoms. The number of carbonyl (C=O) groups excluding carboxylic acids is 1. The molecule has 1 amide bonds. The van der Waals surface area contributed by atoms with Crippen molar-refractivity contribution in [1.29, 1.82) is 0 Å². The van der Waals surface area contributed by atoms with Crippen molar-refractivity contribution >= 4 is 29.7 Å². The number of thiazole rings is 1. The fraction of sp³-hybridized carbons (Fsp3) is 0.692. The molecule has 21 heavy (non-hydrogen) atoms. The Morgan fingerprint density at radius 1 is 1.62 bits per heavy atom. The van der Waals surface area contributed by atoms with Crippen molar-refractivity contribution in [1.82, 2.24) is 10.3 Å². The van der Waals surface area contributed by atoms with Crippen LogP contribution in [0.1, 0.15) is 28.3 Å².